The van der Waals surface area contributed by atoms with Crippen LogP contribution in [0.5, 0.6) is 0 Å². The Hall–Kier alpha value is -2.97. The molecule has 1 aliphatic rings. The molecule has 3 heterocycles. The molecule has 30 heavy (non-hydrogen) atoms. The highest BCUT2D eigenvalue weighted by atomic mass is 16.2. The van der Waals surface area contributed by atoms with Gasteiger partial charge in [-0.15, -0.1) is 0 Å². The Balaban J connectivity index is 1.74. The van der Waals surface area contributed by atoms with E-state index in [1.807, 2.05) is 27.7 Å². The van der Waals surface area contributed by atoms with Crippen LogP contribution in [-0.4, -0.2) is 44.6 Å². The summed E-state index contributed by atoms with van der Waals surface area (Å²) in [5.74, 6) is 0.434. The van der Waals surface area contributed by atoms with Gasteiger partial charge in [0.05, 0.1) is 12.1 Å². The normalized spacial score (nSPS) is 16.9. The van der Waals surface area contributed by atoms with Crippen molar-refractivity contribution in [3.8, 4) is 0 Å². The smallest absolute Gasteiger partial charge is 0.271 e. The molecule has 0 saturated carbocycles. The lowest BCUT2D eigenvalue weighted by Gasteiger charge is -2.36. The standard InChI is InChI=1S/C21H30N6O3/c1-14(2)26-19(28)10-8-17(23-26)21(30)22-13-16-7-5-6-12-25(16)18-9-11-20(29)27(24-18)15(3)4/h8-11,14-16H,5-7,12-13H2,1-4H3,(H,22,30). The highest BCUT2D eigenvalue weighted by Gasteiger charge is 2.25. The summed E-state index contributed by atoms with van der Waals surface area (Å²) >= 11 is 0. The molecule has 9 nitrogen and oxygen atoms in total. The molecule has 2 aromatic heterocycles. The number of rotatable bonds is 6. The first-order valence-corrected chi connectivity index (χ1v) is 10.5. The van der Waals surface area contributed by atoms with E-state index < -0.39 is 0 Å². The Morgan fingerprint density at radius 3 is 2.30 bits per heavy atom. The largest absolute Gasteiger partial charge is 0.350 e. The molecular formula is C21H30N6O3. The zero-order valence-electron chi connectivity index (χ0n) is 18.0. The van der Waals surface area contributed by atoms with Gasteiger partial charge in [-0.05, 0) is 59.1 Å². The molecule has 1 aliphatic heterocycles. The Bertz CT molecular complexity index is 1010. The van der Waals surface area contributed by atoms with Crippen molar-refractivity contribution in [1.82, 2.24) is 24.9 Å². The number of nitrogens with one attached hydrogen (secondary N) is 1. The molecule has 1 amide bonds. The van der Waals surface area contributed by atoms with Crippen molar-refractivity contribution in [1.29, 1.82) is 0 Å². The van der Waals surface area contributed by atoms with Gasteiger partial charge in [-0.25, -0.2) is 9.36 Å². The topological polar surface area (TPSA) is 102 Å². The van der Waals surface area contributed by atoms with Gasteiger partial charge in [0.2, 0.25) is 0 Å². The van der Waals surface area contributed by atoms with E-state index in [0.717, 1.165) is 31.6 Å². The third-order valence-electron chi connectivity index (χ3n) is 5.27. The van der Waals surface area contributed by atoms with E-state index >= 15 is 0 Å². The van der Waals surface area contributed by atoms with Gasteiger partial charge in [0.25, 0.3) is 17.0 Å². The predicted molar refractivity (Wildman–Crippen MR) is 115 cm³/mol. The Morgan fingerprint density at radius 2 is 1.63 bits per heavy atom. The fourth-order valence-corrected chi connectivity index (χ4v) is 3.67. The van der Waals surface area contributed by atoms with Crippen LogP contribution in [0, 0.1) is 0 Å². The maximum atomic E-state index is 12.6. The van der Waals surface area contributed by atoms with Gasteiger partial charge >= 0.3 is 0 Å². The van der Waals surface area contributed by atoms with Crippen LogP contribution >= 0.6 is 0 Å². The number of hydrogen-bond acceptors (Lipinski definition) is 6. The number of anilines is 1. The molecule has 1 saturated heterocycles. The molecule has 3 rings (SSSR count). The Morgan fingerprint density at radius 1 is 1.00 bits per heavy atom. The van der Waals surface area contributed by atoms with E-state index in [1.165, 1.54) is 21.5 Å². The quantitative estimate of drug-likeness (QED) is 0.773. The number of piperidine rings is 1. The zero-order valence-corrected chi connectivity index (χ0v) is 18.0. The summed E-state index contributed by atoms with van der Waals surface area (Å²) in [4.78, 5) is 38.7. The number of carbonyl (C=O) groups excluding carboxylic acids is 1. The summed E-state index contributed by atoms with van der Waals surface area (Å²) in [6.45, 7) is 8.80. The minimum Gasteiger partial charge on any atom is -0.350 e. The summed E-state index contributed by atoms with van der Waals surface area (Å²) < 4.78 is 2.79. The van der Waals surface area contributed by atoms with Crippen molar-refractivity contribution >= 4 is 11.7 Å². The summed E-state index contributed by atoms with van der Waals surface area (Å²) in [7, 11) is 0. The van der Waals surface area contributed by atoms with Crippen LogP contribution in [0.1, 0.15) is 69.5 Å². The highest BCUT2D eigenvalue weighted by molar-refractivity contribution is 5.92. The molecule has 1 unspecified atom stereocenters. The summed E-state index contributed by atoms with van der Waals surface area (Å²) in [6, 6.07) is 6.05. The van der Waals surface area contributed by atoms with Crippen molar-refractivity contribution < 1.29 is 4.79 Å². The maximum Gasteiger partial charge on any atom is 0.271 e. The predicted octanol–water partition coefficient (Wildman–Crippen LogP) is 1.75. The first kappa shape index (κ1) is 21.7. The Labute approximate surface area is 175 Å². The molecule has 0 aliphatic carbocycles. The van der Waals surface area contributed by atoms with Crippen molar-refractivity contribution in [3.05, 3.63) is 50.7 Å². The number of hydrogen-bond donors (Lipinski definition) is 1. The van der Waals surface area contributed by atoms with Gasteiger partial charge in [0.15, 0.2) is 0 Å². The molecule has 1 fully saturated rings. The zero-order chi connectivity index (χ0) is 21.8. The fourth-order valence-electron chi connectivity index (χ4n) is 3.67. The second kappa shape index (κ2) is 9.23. The first-order valence-electron chi connectivity index (χ1n) is 10.5. The molecule has 0 spiro atoms. The van der Waals surface area contributed by atoms with E-state index in [2.05, 4.69) is 20.4 Å². The SMILES string of the molecule is CC(C)n1nc(C(=O)NCC2CCCCN2c2ccc(=O)n(C(C)C)n2)ccc1=O. The number of nitrogens with zero attached hydrogens (tertiary/aromatic N) is 5. The maximum absolute atomic E-state index is 12.6. The van der Waals surface area contributed by atoms with Crippen molar-refractivity contribution in [2.75, 3.05) is 18.0 Å². The summed E-state index contributed by atoms with van der Waals surface area (Å²) in [5.41, 5.74) is -0.134. The van der Waals surface area contributed by atoms with Gasteiger partial charge in [-0.3, -0.25) is 14.4 Å². The second-order valence-corrected chi connectivity index (χ2v) is 8.22. The van der Waals surface area contributed by atoms with Crippen LogP contribution in [-0.2, 0) is 0 Å². The van der Waals surface area contributed by atoms with E-state index in [0.29, 0.717) is 6.54 Å². The number of amides is 1. The average molecular weight is 415 g/mol. The highest BCUT2D eigenvalue weighted by Crippen LogP contribution is 2.22. The van der Waals surface area contributed by atoms with Gasteiger partial charge in [-0.1, -0.05) is 0 Å². The van der Waals surface area contributed by atoms with Crippen LogP contribution in [0.15, 0.2) is 33.9 Å². The Kier molecular flexibility index (Phi) is 6.69. The monoisotopic (exact) mass is 414 g/mol. The van der Waals surface area contributed by atoms with Crippen molar-refractivity contribution in [3.63, 3.8) is 0 Å². The van der Waals surface area contributed by atoms with Crippen LogP contribution in [0.2, 0.25) is 0 Å². The molecule has 9 heteroatoms. The number of carbonyl (C=O) groups is 1. The minimum atomic E-state index is -0.310. The number of aromatic nitrogens is 4. The van der Waals surface area contributed by atoms with E-state index in [4.69, 9.17) is 0 Å². The minimum absolute atomic E-state index is 0.0249. The molecule has 1 atom stereocenters. The summed E-state index contributed by atoms with van der Waals surface area (Å²) in [6.07, 6.45) is 3.02. The van der Waals surface area contributed by atoms with Gasteiger partial charge in [-0.2, -0.15) is 10.2 Å². The molecule has 2 aromatic rings. The molecule has 1 N–H and O–H groups in total. The molecular weight excluding hydrogens is 384 g/mol. The van der Waals surface area contributed by atoms with Crippen molar-refractivity contribution in [2.24, 2.45) is 0 Å². The lowest BCUT2D eigenvalue weighted by molar-refractivity contribution is 0.0941. The molecule has 162 valence electrons. The van der Waals surface area contributed by atoms with E-state index in [1.54, 1.807) is 12.1 Å². The van der Waals surface area contributed by atoms with Gasteiger partial charge < -0.3 is 10.2 Å². The van der Waals surface area contributed by atoms with Crippen LogP contribution in [0.4, 0.5) is 5.82 Å². The van der Waals surface area contributed by atoms with Crippen molar-refractivity contribution in [2.45, 2.75) is 65.1 Å². The molecule has 0 bridgehead atoms. The molecule has 0 radical (unpaired) electrons. The third-order valence-corrected chi connectivity index (χ3v) is 5.27. The van der Waals surface area contributed by atoms with Crippen LogP contribution in [0.3, 0.4) is 0 Å². The van der Waals surface area contributed by atoms with Gasteiger partial charge in [0.1, 0.15) is 11.5 Å². The summed E-state index contributed by atoms with van der Waals surface area (Å²) in [5, 5.41) is 11.7. The van der Waals surface area contributed by atoms with Crippen LogP contribution in [0.25, 0.3) is 0 Å². The van der Waals surface area contributed by atoms with E-state index in [9.17, 15) is 14.4 Å². The lowest BCUT2D eigenvalue weighted by Crippen LogP contribution is -2.48. The second-order valence-electron chi connectivity index (χ2n) is 8.22. The van der Waals surface area contributed by atoms with Crippen LogP contribution < -0.4 is 21.3 Å². The van der Waals surface area contributed by atoms with E-state index in [-0.39, 0.29) is 40.8 Å². The average Bonchev–Trinajstić information content (AvgIpc) is 2.72. The van der Waals surface area contributed by atoms with Gasteiger partial charge in [0, 0.05) is 31.3 Å². The first-order chi connectivity index (χ1) is 14.3. The lowest BCUT2D eigenvalue weighted by atomic mass is 10.0. The fraction of sp³-hybridized carbons (Fsp3) is 0.571. The third kappa shape index (κ3) is 4.77. The molecule has 0 aromatic carbocycles.